The first-order valence-electron chi connectivity index (χ1n) is 10.1. The van der Waals surface area contributed by atoms with E-state index in [9.17, 15) is 13.2 Å². The number of aryl methyl sites for hydroxylation is 3. The van der Waals surface area contributed by atoms with Gasteiger partial charge in [0.05, 0.1) is 10.5 Å². The summed E-state index contributed by atoms with van der Waals surface area (Å²) in [6.07, 6.45) is 4.27. The number of rotatable bonds is 5. The maximum Gasteiger partial charge on any atom is 0.253 e. The average molecular weight is 428 g/mol. The molecule has 0 bridgehead atoms. The quantitative estimate of drug-likeness (QED) is 0.650. The first-order valence-corrected chi connectivity index (χ1v) is 11.5. The summed E-state index contributed by atoms with van der Waals surface area (Å²) in [6, 6.07) is 8.20. The van der Waals surface area contributed by atoms with E-state index in [1.165, 1.54) is 25.6 Å². The minimum atomic E-state index is -3.48. The summed E-state index contributed by atoms with van der Waals surface area (Å²) in [7, 11) is -2.11. The highest BCUT2D eigenvalue weighted by Crippen LogP contribution is 2.24. The van der Waals surface area contributed by atoms with Crippen molar-refractivity contribution in [2.75, 3.05) is 7.05 Å². The van der Waals surface area contributed by atoms with Gasteiger partial charge >= 0.3 is 0 Å². The van der Waals surface area contributed by atoms with Crippen molar-refractivity contribution in [1.82, 2.24) is 24.6 Å². The summed E-state index contributed by atoms with van der Waals surface area (Å²) in [5, 5.41) is 2.92. The Morgan fingerprint density at radius 1 is 1.13 bits per heavy atom. The van der Waals surface area contributed by atoms with Crippen LogP contribution in [0.25, 0.3) is 11.2 Å². The Kier molecular flexibility index (Phi) is 5.57. The van der Waals surface area contributed by atoms with Gasteiger partial charge in [-0.3, -0.25) is 4.79 Å². The molecule has 0 saturated heterocycles. The highest BCUT2D eigenvalue weighted by atomic mass is 32.2. The molecule has 1 aromatic carbocycles. The predicted molar refractivity (Wildman–Crippen MR) is 114 cm³/mol. The normalized spacial score (nSPS) is 14.3. The Morgan fingerprint density at radius 3 is 2.63 bits per heavy atom. The van der Waals surface area contributed by atoms with Crippen LogP contribution in [0.4, 0.5) is 0 Å². The zero-order chi connectivity index (χ0) is 21.3. The SMILES string of the molecule is CNS(=O)(=O)c1ccc(CNC(=O)c2cc(C)nc3c2nc2n3CCCCC2)cc1. The summed E-state index contributed by atoms with van der Waals surface area (Å²) >= 11 is 0. The summed E-state index contributed by atoms with van der Waals surface area (Å²) in [5.74, 6) is 0.779. The molecule has 1 aliphatic rings. The fourth-order valence-electron chi connectivity index (χ4n) is 3.77. The molecule has 0 unspecified atom stereocenters. The largest absolute Gasteiger partial charge is 0.348 e. The number of imidazole rings is 1. The molecule has 0 fully saturated rings. The number of pyridine rings is 1. The van der Waals surface area contributed by atoms with E-state index in [1.54, 1.807) is 18.2 Å². The van der Waals surface area contributed by atoms with Gasteiger partial charge in [-0.15, -0.1) is 0 Å². The summed E-state index contributed by atoms with van der Waals surface area (Å²) in [4.78, 5) is 22.5. The fraction of sp³-hybridized carbons (Fsp3) is 0.381. The van der Waals surface area contributed by atoms with Crippen LogP contribution in [-0.4, -0.2) is 35.9 Å². The van der Waals surface area contributed by atoms with Crippen LogP contribution in [0, 0.1) is 6.92 Å². The molecule has 2 aromatic heterocycles. The van der Waals surface area contributed by atoms with E-state index < -0.39 is 10.0 Å². The van der Waals surface area contributed by atoms with Gasteiger partial charge in [0.25, 0.3) is 5.91 Å². The van der Waals surface area contributed by atoms with Crippen molar-refractivity contribution in [3.8, 4) is 0 Å². The van der Waals surface area contributed by atoms with Crippen LogP contribution in [-0.2, 0) is 29.5 Å². The van der Waals surface area contributed by atoms with E-state index in [0.29, 0.717) is 11.1 Å². The molecule has 30 heavy (non-hydrogen) atoms. The van der Waals surface area contributed by atoms with Gasteiger partial charge in [0.1, 0.15) is 11.3 Å². The molecule has 3 aromatic rings. The summed E-state index contributed by atoms with van der Waals surface area (Å²) in [6.45, 7) is 3.05. The van der Waals surface area contributed by atoms with Crippen molar-refractivity contribution in [1.29, 1.82) is 0 Å². The maximum atomic E-state index is 12.9. The highest BCUT2D eigenvalue weighted by molar-refractivity contribution is 7.89. The van der Waals surface area contributed by atoms with E-state index in [2.05, 4.69) is 19.6 Å². The van der Waals surface area contributed by atoms with Gasteiger partial charge in [0, 0.05) is 25.2 Å². The van der Waals surface area contributed by atoms with Crippen LogP contribution in [0.2, 0.25) is 0 Å². The lowest BCUT2D eigenvalue weighted by molar-refractivity contribution is 0.0952. The lowest BCUT2D eigenvalue weighted by Gasteiger charge is -2.09. The van der Waals surface area contributed by atoms with Crippen LogP contribution in [0.15, 0.2) is 35.2 Å². The number of amides is 1. The molecule has 0 aliphatic carbocycles. The van der Waals surface area contributed by atoms with Crippen molar-refractivity contribution in [3.05, 3.63) is 53.0 Å². The molecular formula is C21H25N5O3S. The number of nitrogens with zero attached hydrogens (tertiary/aromatic N) is 3. The molecule has 0 saturated carbocycles. The number of benzene rings is 1. The minimum absolute atomic E-state index is 0.186. The number of carbonyl (C=O) groups excluding carboxylic acids is 1. The van der Waals surface area contributed by atoms with Gasteiger partial charge in [0.15, 0.2) is 5.65 Å². The van der Waals surface area contributed by atoms with E-state index >= 15 is 0 Å². The topological polar surface area (TPSA) is 106 Å². The van der Waals surface area contributed by atoms with Gasteiger partial charge in [0.2, 0.25) is 10.0 Å². The maximum absolute atomic E-state index is 12.9. The molecule has 2 N–H and O–H groups in total. The standard InChI is InChI=1S/C21H25N5O3S/c1-14-12-17(19-20(24-14)26-11-5-3-4-6-18(26)25-19)21(27)23-13-15-7-9-16(10-8-15)30(28,29)22-2/h7-10,12,22H,3-6,11,13H2,1-2H3,(H,23,27). The Hall–Kier alpha value is -2.78. The second-order valence-electron chi connectivity index (χ2n) is 7.51. The molecule has 0 spiro atoms. The second-order valence-corrected chi connectivity index (χ2v) is 9.39. The fourth-order valence-corrected chi connectivity index (χ4v) is 4.50. The third kappa shape index (κ3) is 3.95. The zero-order valence-electron chi connectivity index (χ0n) is 17.1. The molecule has 8 nitrogen and oxygen atoms in total. The molecular weight excluding hydrogens is 402 g/mol. The third-order valence-corrected chi connectivity index (χ3v) is 6.82. The average Bonchev–Trinajstić information content (AvgIpc) is 2.92. The zero-order valence-corrected chi connectivity index (χ0v) is 17.9. The predicted octanol–water partition coefficient (Wildman–Crippen LogP) is 2.30. The second kappa shape index (κ2) is 8.16. The molecule has 0 atom stereocenters. The molecule has 1 aliphatic heterocycles. The van der Waals surface area contributed by atoms with Gasteiger partial charge in [-0.1, -0.05) is 18.6 Å². The van der Waals surface area contributed by atoms with Gasteiger partial charge < -0.3 is 9.88 Å². The van der Waals surface area contributed by atoms with Crippen LogP contribution in [0.5, 0.6) is 0 Å². The molecule has 9 heteroatoms. The van der Waals surface area contributed by atoms with Gasteiger partial charge in [-0.2, -0.15) is 0 Å². The number of fused-ring (bicyclic) bond motifs is 3. The van der Waals surface area contributed by atoms with E-state index in [0.717, 1.165) is 48.5 Å². The van der Waals surface area contributed by atoms with Crippen LogP contribution in [0.1, 0.15) is 46.7 Å². The van der Waals surface area contributed by atoms with Crippen molar-refractivity contribution < 1.29 is 13.2 Å². The number of carbonyl (C=O) groups is 1. The molecule has 3 heterocycles. The Labute approximate surface area is 175 Å². The Bertz CT molecular complexity index is 1200. The Balaban J connectivity index is 1.56. The first-order chi connectivity index (χ1) is 14.4. The van der Waals surface area contributed by atoms with Crippen molar-refractivity contribution in [3.63, 3.8) is 0 Å². The summed E-state index contributed by atoms with van der Waals surface area (Å²) < 4.78 is 28.1. The van der Waals surface area contributed by atoms with Crippen LogP contribution >= 0.6 is 0 Å². The van der Waals surface area contributed by atoms with Crippen molar-refractivity contribution in [2.45, 2.75) is 50.6 Å². The van der Waals surface area contributed by atoms with Gasteiger partial charge in [-0.05, 0) is 50.6 Å². The van der Waals surface area contributed by atoms with E-state index in [-0.39, 0.29) is 17.3 Å². The molecule has 1 amide bonds. The number of nitrogens with one attached hydrogen (secondary N) is 2. The van der Waals surface area contributed by atoms with Crippen molar-refractivity contribution >= 4 is 27.1 Å². The van der Waals surface area contributed by atoms with Crippen molar-refractivity contribution in [2.24, 2.45) is 0 Å². The monoisotopic (exact) mass is 427 g/mol. The third-order valence-electron chi connectivity index (χ3n) is 5.39. The summed E-state index contributed by atoms with van der Waals surface area (Å²) in [5.41, 5.74) is 3.53. The van der Waals surface area contributed by atoms with Crippen LogP contribution < -0.4 is 10.0 Å². The molecule has 0 radical (unpaired) electrons. The van der Waals surface area contributed by atoms with Gasteiger partial charge in [-0.25, -0.2) is 23.1 Å². The highest BCUT2D eigenvalue weighted by Gasteiger charge is 2.20. The molecule has 158 valence electrons. The van der Waals surface area contributed by atoms with Crippen LogP contribution in [0.3, 0.4) is 0 Å². The minimum Gasteiger partial charge on any atom is -0.348 e. The lowest BCUT2D eigenvalue weighted by Crippen LogP contribution is -2.23. The van der Waals surface area contributed by atoms with E-state index in [1.807, 2.05) is 6.92 Å². The van der Waals surface area contributed by atoms with E-state index in [4.69, 9.17) is 4.98 Å². The number of aromatic nitrogens is 3. The number of hydrogen-bond donors (Lipinski definition) is 2. The number of hydrogen-bond acceptors (Lipinski definition) is 5. The number of sulfonamides is 1. The first kappa shape index (κ1) is 20.5. The Morgan fingerprint density at radius 2 is 1.90 bits per heavy atom. The smallest absolute Gasteiger partial charge is 0.253 e. The lowest BCUT2D eigenvalue weighted by atomic mass is 10.1. The molecule has 4 rings (SSSR count).